The van der Waals surface area contributed by atoms with Crippen molar-refractivity contribution in [2.75, 3.05) is 5.32 Å². The van der Waals surface area contributed by atoms with Crippen LogP contribution < -0.4 is 10.1 Å². The van der Waals surface area contributed by atoms with Gasteiger partial charge >= 0.3 is 0 Å². The smallest absolute Gasteiger partial charge is 0.226 e. The number of aromatic nitrogens is 2. The summed E-state index contributed by atoms with van der Waals surface area (Å²) in [5.74, 6) is 0.756. The Morgan fingerprint density at radius 3 is 2.62 bits per heavy atom. The highest BCUT2D eigenvalue weighted by Gasteiger charge is 2.13. The van der Waals surface area contributed by atoms with E-state index in [-0.39, 0.29) is 18.4 Å². The third-order valence-electron chi connectivity index (χ3n) is 3.75. The van der Waals surface area contributed by atoms with Crippen LogP contribution in [0.2, 0.25) is 5.02 Å². The van der Waals surface area contributed by atoms with Gasteiger partial charge in [0.15, 0.2) is 5.01 Å². The van der Waals surface area contributed by atoms with Crippen molar-refractivity contribution in [1.29, 1.82) is 0 Å². The maximum atomic E-state index is 12.2. The van der Waals surface area contributed by atoms with Gasteiger partial charge in [0, 0.05) is 11.4 Å². The van der Waals surface area contributed by atoms with Crippen molar-refractivity contribution in [3.8, 4) is 5.75 Å². The van der Waals surface area contributed by atoms with Crippen LogP contribution in [0.5, 0.6) is 5.75 Å². The Morgan fingerprint density at radius 1 is 1.15 bits per heavy atom. The maximum Gasteiger partial charge on any atom is 0.226 e. The molecular weight excluding hydrogens is 370 g/mol. The van der Waals surface area contributed by atoms with E-state index in [2.05, 4.69) is 15.5 Å². The van der Waals surface area contributed by atoms with E-state index in [0.29, 0.717) is 27.3 Å². The fourth-order valence-electron chi connectivity index (χ4n) is 2.39. The monoisotopic (exact) mass is 387 g/mol. The fourth-order valence-corrected chi connectivity index (χ4v) is 3.18. The number of halogens is 1. The van der Waals surface area contributed by atoms with E-state index in [1.54, 1.807) is 24.3 Å². The minimum Gasteiger partial charge on any atom is -0.486 e. The molecule has 1 N–H and O–H groups in total. The van der Waals surface area contributed by atoms with Gasteiger partial charge in [0.25, 0.3) is 0 Å². The summed E-state index contributed by atoms with van der Waals surface area (Å²) in [5.41, 5.74) is 1.14. The maximum absolute atomic E-state index is 12.2. The average molecular weight is 388 g/mol. The van der Waals surface area contributed by atoms with Crippen molar-refractivity contribution < 1.29 is 9.53 Å². The van der Waals surface area contributed by atoms with Crippen molar-refractivity contribution in [3.63, 3.8) is 0 Å². The van der Waals surface area contributed by atoms with Gasteiger partial charge in [0.05, 0.1) is 0 Å². The molecule has 0 aliphatic carbocycles. The van der Waals surface area contributed by atoms with Gasteiger partial charge < -0.3 is 10.1 Å². The number of benzene rings is 2. The van der Waals surface area contributed by atoms with Crippen molar-refractivity contribution in [3.05, 3.63) is 70.2 Å². The molecule has 1 amide bonds. The van der Waals surface area contributed by atoms with Gasteiger partial charge in [-0.25, -0.2) is 0 Å². The molecule has 0 saturated heterocycles. The summed E-state index contributed by atoms with van der Waals surface area (Å²) in [6.07, 6.45) is 0.389. The minimum atomic E-state index is -0.0809. The van der Waals surface area contributed by atoms with Crippen molar-refractivity contribution in [1.82, 2.24) is 10.2 Å². The number of nitrogens with one attached hydrogen (secondary N) is 1. The molecule has 5 nitrogen and oxygen atoms in total. The molecule has 1 heterocycles. The number of ether oxygens (including phenoxy) is 1. The minimum absolute atomic E-state index is 0.0809. The van der Waals surface area contributed by atoms with Crippen LogP contribution in [-0.4, -0.2) is 16.1 Å². The van der Waals surface area contributed by atoms with Crippen LogP contribution in [0.4, 0.5) is 5.13 Å². The van der Waals surface area contributed by atoms with Crippen LogP contribution in [0.15, 0.2) is 54.6 Å². The zero-order valence-corrected chi connectivity index (χ0v) is 15.8. The van der Waals surface area contributed by atoms with Crippen molar-refractivity contribution >= 4 is 34.0 Å². The summed E-state index contributed by atoms with van der Waals surface area (Å²) in [7, 11) is 0. The molecule has 134 valence electrons. The number of hydrogen-bond acceptors (Lipinski definition) is 5. The largest absolute Gasteiger partial charge is 0.486 e. The van der Waals surface area contributed by atoms with Crippen LogP contribution in [-0.2, 0) is 11.4 Å². The predicted octanol–water partition coefficient (Wildman–Crippen LogP) is 4.90. The number of anilines is 1. The summed E-state index contributed by atoms with van der Waals surface area (Å²) in [6, 6.07) is 17.1. The SMILES string of the molecule is C[C@H](CC(=O)Nc1nnc(COc2ccc(Cl)cc2)s1)c1ccccc1. The molecule has 0 fully saturated rings. The molecule has 1 aromatic heterocycles. The summed E-state index contributed by atoms with van der Waals surface area (Å²) >= 11 is 7.14. The van der Waals surface area contributed by atoms with Gasteiger partial charge in [-0.1, -0.05) is 60.2 Å². The van der Waals surface area contributed by atoms with E-state index in [9.17, 15) is 4.79 Å². The van der Waals surface area contributed by atoms with Gasteiger partial charge in [-0.3, -0.25) is 4.79 Å². The number of amides is 1. The number of carbonyl (C=O) groups is 1. The van der Waals surface area contributed by atoms with Crippen LogP contribution >= 0.6 is 22.9 Å². The molecule has 0 radical (unpaired) electrons. The quantitative estimate of drug-likeness (QED) is 0.626. The normalized spacial score (nSPS) is 11.8. The molecule has 3 aromatic rings. The molecule has 26 heavy (non-hydrogen) atoms. The lowest BCUT2D eigenvalue weighted by Gasteiger charge is -2.10. The Hall–Kier alpha value is -2.44. The molecule has 7 heteroatoms. The van der Waals surface area contributed by atoms with Gasteiger partial charge in [0.2, 0.25) is 11.0 Å². The van der Waals surface area contributed by atoms with Crippen molar-refractivity contribution in [2.45, 2.75) is 25.9 Å². The van der Waals surface area contributed by atoms with Gasteiger partial charge in [-0.2, -0.15) is 0 Å². The highest BCUT2D eigenvalue weighted by atomic mass is 35.5. The fraction of sp³-hybridized carbons (Fsp3) is 0.211. The van der Waals surface area contributed by atoms with Crippen molar-refractivity contribution in [2.24, 2.45) is 0 Å². The van der Waals surface area contributed by atoms with E-state index in [1.807, 2.05) is 37.3 Å². The van der Waals surface area contributed by atoms with E-state index in [4.69, 9.17) is 16.3 Å². The Labute approximate surface area is 161 Å². The molecule has 1 atom stereocenters. The Bertz CT molecular complexity index is 853. The molecule has 0 unspecified atom stereocenters. The molecule has 0 spiro atoms. The lowest BCUT2D eigenvalue weighted by molar-refractivity contribution is -0.116. The van der Waals surface area contributed by atoms with Crippen LogP contribution in [0, 0.1) is 0 Å². The summed E-state index contributed by atoms with van der Waals surface area (Å²) in [6.45, 7) is 2.32. The van der Waals surface area contributed by atoms with Crippen LogP contribution in [0.25, 0.3) is 0 Å². The van der Waals surface area contributed by atoms with E-state index in [0.717, 1.165) is 5.56 Å². The average Bonchev–Trinajstić information content (AvgIpc) is 3.09. The summed E-state index contributed by atoms with van der Waals surface area (Å²) < 4.78 is 5.62. The van der Waals surface area contributed by atoms with Gasteiger partial charge in [0.1, 0.15) is 12.4 Å². The number of rotatable bonds is 7. The lowest BCUT2D eigenvalue weighted by atomic mass is 9.98. The van der Waals surface area contributed by atoms with Gasteiger partial charge in [-0.05, 0) is 35.7 Å². The number of carbonyl (C=O) groups excluding carboxylic acids is 1. The molecule has 0 bridgehead atoms. The second-order valence-electron chi connectivity index (χ2n) is 5.81. The topological polar surface area (TPSA) is 64.1 Å². The summed E-state index contributed by atoms with van der Waals surface area (Å²) in [4.78, 5) is 12.2. The highest BCUT2D eigenvalue weighted by Crippen LogP contribution is 2.22. The highest BCUT2D eigenvalue weighted by molar-refractivity contribution is 7.15. The van der Waals surface area contributed by atoms with Crippen LogP contribution in [0.1, 0.15) is 29.8 Å². The third-order valence-corrected chi connectivity index (χ3v) is 4.81. The Balaban J connectivity index is 1.49. The molecule has 3 rings (SSSR count). The molecule has 2 aromatic carbocycles. The molecular formula is C19H18ClN3O2S. The molecule has 0 saturated carbocycles. The number of nitrogens with zero attached hydrogens (tertiary/aromatic N) is 2. The Morgan fingerprint density at radius 2 is 1.88 bits per heavy atom. The standard InChI is InChI=1S/C19H18ClN3O2S/c1-13(14-5-3-2-4-6-14)11-17(24)21-19-23-22-18(26-19)12-25-16-9-7-15(20)8-10-16/h2-10,13H,11-12H2,1H3,(H,21,23,24)/t13-/m1/s1. The zero-order valence-electron chi connectivity index (χ0n) is 14.2. The second-order valence-corrected chi connectivity index (χ2v) is 7.31. The lowest BCUT2D eigenvalue weighted by Crippen LogP contribution is -2.14. The second kappa shape index (κ2) is 8.78. The van der Waals surface area contributed by atoms with E-state index in [1.165, 1.54) is 11.3 Å². The van der Waals surface area contributed by atoms with E-state index < -0.39 is 0 Å². The van der Waals surface area contributed by atoms with E-state index >= 15 is 0 Å². The Kier molecular flexibility index (Phi) is 6.20. The first-order valence-corrected chi connectivity index (χ1v) is 9.35. The first kappa shape index (κ1) is 18.4. The molecule has 0 aliphatic heterocycles. The first-order valence-electron chi connectivity index (χ1n) is 8.15. The zero-order chi connectivity index (χ0) is 18.4. The molecule has 0 aliphatic rings. The predicted molar refractivity (Wildman–Crippen MR) is 104 cm³/mol. The van der Waals surface area contributed by atoms with Crippen LogP contribution in [0.3, 0.4) is 0 Å². The third kappa shape index (κ3) is 5.28. The summed E-state index contributed by atoms with van der Waals surface area (Å²) in [5, 5.41) is 12.7. The van der Waals surface area contributed by atoms with Gasteiger partial charge in [-0.15, -0.1) is 10.2 Å². The number of hydrogen-bond donors (Lipinski definition) is 1. The first-order chi connectivity index (χ1) is 12.6.